The van der Waals surface area contributed by atoms with Crippen molar-refractivity contribution in [1.29, 1.82) is 0 Å². The summed E-state index contributed by atoms with van der Waals surface area (Å²) >= 11 is 5.90. The van der Waals surface area contributed by atoms with Gasteiger partial charge in [0.25, 0.3) is 0 Å². The molecule has 4 nitrogen and oxygen atoms in total. The van der Waals surface area contributed by atoms with Crippen molar-refractivity contribution in [1.82, 2.24) is 4.90 Å². The minimum absolute atomic E-state index is 0.105. The molecule has 0 spiro atoms. The second-order valence-corrected chi connectivity index (χ2v) is 9.06. The van der Waals surface area contributed by atoms with Crippen molar-refractivity contribution < 1.29 is 13.7 Å². The summed E-state index contributed by atoms with van der Waals surface area (Å²) in [5.41, 5.74) is 1.30. The number of β-lactam (4-membered cyclic amide) rings is 1. The molecule has 0 N–H and O–H groups in total. The van der Waals surface area contributed by atoms with Gasteiger partial charge in [-0.05, 0) is 61.2 Å². The maximum atomic E-state index is 12.8. The maximum Gasteiger partial charge on any atom is 0.226 e. The number of ether oxygens (including phenoxy) is 1. The molecule has 1 aliphatic rings. The summed E-state index contributed by atoms with van der Waals surface area (Å²) < 4.78 is 17.9. The van der Waals surface area contributed by atoms with Crippen LogP contribution in [0.25, 0.3) is 0 Å². The molecule has 1 amide bonds. The van der Waals surface area contributed by atoms with Gasteiger partial charge in [0, 0.05) is 16.5 Å². The second kappa shape index (κ2) is 10.1. The molecule has 1 fully saturated rings. The van der Waals surface area contributed by atoms with E-state index < -0.39 is 10.8 Å². The standard InChI is InChI=1S/C22H26ClNO3S/c1-27-19-11-13-20(14-12-19)28(26)22-16-21(25)24(22)15-5-3-2-4-6-17-7-9-18(23)10-8-17/h7-14,22H,2-6,15-16H2,1H3/t22-,28+/m0/s1. The lowest BCUT2D eigenvalue weighted by molar-refractivity contribution is -0.141. The predicted molar refractivity (Wildman–Crippen MR) is 113 cm³/mol. The van der Waals surface area contributed by atoms with E-state index in [-0.39, 0.29) is 11.3 Å². The number of unbranched alkanes of at least 4 members (excludes halogenated alkanes) is 3. The third-order valence-electron chi connectivity index (χ3n) is 5.08. The third-order valence-corrected chi connectivity index (χ3v) is 6.99. The average molecular weight is 420 g/mol. The number of hydrogen-bond acceptors (Lipinski definition) is 3. The largest absolute Gasteiger partial charge is 0.497 e. The van der Waals surface area contributed by atoms with Crippen molar-refractivity contribution in [3.63, 3.8) is 0 Å². The number of amides is 1. The molecule has 1 aliphatic heterocycles. The maximum absolute atomic E-state index is 12.8. The van der Waals surface area contributed by atoms with Crippen molar-refractivity contribution in [2.75, 3.05) is 13.7 Å². The fourth-order valence-electron chi connectivity index (χ4n) is 3.37. The van der Waals surface area contributed by atoms with Gasteiger partial charge in [0.1, 0.15) is 11.1 Å². The predicted octanol–water partition coefficient (Wildman–Crippen LogP) is 4.82. The number of aryl methyl sites for hydroxylation is 1. The summed E-state index contributed by atoms with van der Waals surface area (Å²) in [7, 11) is 0.406. The van der Waals surface area contributed by atoms with Gasteiger partial charge < -0.3 is 9.64 Å². The van der Waals surface area contributed by atoms with E-state index in [0.717, 1.165) is 47.8 Å². The molecule has 0 unspecified atom stereocenters. The first-order valence-corrected chi connectivity index (χ1v) is 11.3. The van der Waals surface area contributed by atoms with Crippen molar-refractivity contribution in [3.05, 3.63) is 59.1 Å². The van der Waals surface area contributed by atoms with Crippen LogP contribution in [0.3, 0.4) is 0 Å². The quantitative estimate of drug-likeness (QED) is 0.409. The van der Waals surface area contributed by atoms with Crippen LogP contribution in [-0.4, -0.2) is 34.0 Å². The van der Waals surface area contributed by atoms with Gasteiger partial charge in [-0.3, -0.25) is 9.00 Å². The Hall–Kier alpha value is -1.85. The van der Waals surface area contributed by atoms with Gasteiger partial charge in [-0.15, -0.1) is 0 Å². The molecule has 0 aliphatic carbocycles. The van der Waals surface area contributed by atoms with Crippen molar-refractivity contribution in [2.45, 2.75) is 48.8 Å². The number of methoxy groups -OCH3 is 1. The van der Waals surface area contributed by atoms with Crippen LogP contribution < -0.4 is 4.74 Å². The molecule has 0 aromatic heterocycles. The summed E-state index contributed by atoms with van der Waals surface area (Å²) in [6.45, 7) is 0.687. The Labute approximate surface area is 174 Å². The van der Waals surface area contributed by atoms with Gasteiger partial charge in [-0.25, -0.2) is 0 Å². The fraction of sp³-hybridized carbons (Fsp3) is 0.409. The Morgan fingerprint density at radius 1 is 1.04 bits per heavy atom. The monoisotopic (exact) mass is 419 g/mol. The van der Waals surface area contributed by atoms with E-state index in [1.54, 1.807) is 24.1 Å². The molecular formula is C22H26ClNO3S. The summed E-state index contributed by atoms with van der Waals surface area (Å²) in [5.74, 6) is 0.842. The van der Waals surface area contributed by atoms with E-state index in [2.05, 4.69) is 12.1 Å². The molecule has 150 valence electrons. The van der Waals surface area contributed by atoms with E-state index in [1.165, 1.54) is 5.56 Å². The molecule has 1 saturated heterocycles. The number of carbonyl (C=O) groups is 1. The number of likely N-dealkylation sites (tertiary alicyclic amines) is 1. The number of carbonyl (C=O) groups excluding carboxylic acids is 1. The first-order chi connectivity index (χ1) is 13.6. The lowest BCUT2D eigenvalue weighted by Crippen LogP contribution is -2.54. The average Bonchev–Trinajstić information content (AvgIpc) is 2.72. The molecule has 0 bridgehead atoms. The van der Waals surface area contributed by atoms with Crippen LogP contribution in [0.5, 0.6) is 5.75 Å². The van der Waals surface area contributed by atoms with E-state index in [4.69, 9.17) is 16.3 Å². The number of halogens is 1. The fourth-order valence-corrected chi connectivity index (χ4v) is 4.96. The summed E-state index contributed by atoms with van der Waals surface area (Å²) in [6, 6.07) is 15.2. The van der Waals surface area contributed by atoms with Gasteiger partial charge in [0.2, 0.25) is 5.91 Å². The zero-order valence-corrected chi connectivity index (χ0v) is 17.7. The Bertz CT molecular complexity index is 808. The molecule has 2 atom stereocenters. The molecule has 3 rings (SSSR count). The molecule has 2 aromatic rings. The zero-order chi connectivity index (χ0) is 19.9. The Balaban J connectivity index is 1.39. The highest BCUT2D eigenvalue weighted by atomic mass is 35.5. The topological polar surface area (TPSA) is 46.6 Å². The van der Waals surface area contributed by atoms with E-state index in [0.29, 0.717) is 13.0 Å². The molecule has 1 heterocycles. The molecule has 0 saturated carbocycles. The van der Waals surface area contributed by atoms with Gasteiger partial charge in [-0.2, -0.15) is 0 Å². The molecule has 2 aromatic carbocycles. The smallest absolute Gasteiger partial charge is 0.226 e. The first-order valence-electron chi connectivity index (χ1n) is 9.67. The third kappa shape index (κ3) is 5.36. The summed E-state index contributed by atoms with van der Waals surface area (Å²) in [6.07, 6.45) is 5.68. The normalized spacial score (nSPS) is 17.3. The number of hydrogen-bond donors (Lipinski definition) is 0. The van der Waals surface area contributed by atoms with Crippen molar-refractivity contribution >= 4 is 28.3 Å². The number of nitrogens with zero attached hydrogens (tertiary/aromatic N) is 1. The van der Waals surface area contributed by atoms with Crippen LogP contribution in [0.1, 0.15) is 37.7 Å². The summed E-state index contributed by atoms with van der Waals surface area (Å²) in [4.78, 5) is 14.5. The van der Waals surface area contributed by atoms with E-state index in [1.807, 2.05) is 24.3 Å². The van der Waals surface area contributed by atoms with Crippen molar-refractivity contribution in [2.24, 2.45) is 0 Å². The lowest BCUT2D eigenvalue weighted by atomic mass is 10.1. The van der Waals surface area contributed by atoms with Crippen LogP contribution >= 0.6 is 11.6 Å². The highest BCUT2D eigenvalue weighted by Crippen LogP contribution is 2.28. The van der Waals surface area contributed by atoms with Crippen LogP contribution in [0, 0.1) is 0 Å². The molecule has 6 heteroatoms. The SMILES string of the molecule is COc1ccc([S@@](=O)[C@H]2CC(=O)N2CCCCCCc2ccc(Cl)cc2)cc1. The van der Waals surface area contributed by atoms with E-state index in [9.17, 15) is 9.00 Å². The highest BCUT2D eigenvalue weighted by molar-refractivity contribution is 7.85. The van der Waals surface area contributed by atoms with E-state index >= 15 is 0 Å². The lowest BCUT2D eigenvalue weighted by Gasteiger charge is -2.39. The van der Waals surface area contributed by atoms with Crippen LogP contribution in [0.2, 0.25) is 5.02 Å². The highest BCUT2D eigenvalue weighted by Gasteiger charge is 2.40. The van der Waals surface area contributed by atoms with Crippen LogP contribution in [0.15, 0.2) is 53.4 Å². The van der Waals surface area contributed by atoms with Crippen LogP contribution in [0.4, 0.5) is 0 Å². The number of rotatable bonds is 10. The van der Waals surface area contributed by atoms with Gasteiger partial charge in [0.05, 0.1) is 24.3 Å². The van der Waals surface area contributed by atoms with Gasteiger partial charge >= 0.3 is 0 Å². The van der Waals surface area contributed by atoms with Crippen LogP contribution in [-0.2, 0) is 22.0 Å². The summed E-state index contributed by atoms with van der Waals surface area (Å²) in [5, 5.41) is 0.569. The zero-order valence-electron chi connectivity index (χ0n) is 16.1. The first kappa shape index (κ1) is 20.9. The van der Waals surface area contributed by atoms with Gasteiger partial charge in [0.15, 0.2) is 0 Å². The molecule has 0 radical (unpaired) electrons. The Morgan fingerprint density at radius 3 is 2.36 bits per heavy atom. The minimum atomic E-state index is -1.20. The molecule has 28 heavy (non-hydrogen) atoms. The second-order valence-electron chi connectivity index (χ2n) is 7.01. The Morgan fingerprint density at radius 2 is 1.71 bits per heavy atom. The van der Waals surface area contributed by atoms with Gasteiger partial charge in [-0.1, -0.05) is 36.6 Å². The molecular weight excluding hydrogens is 394 g/mol. The Kier molecular flexibility index (Phi) is 7.51. The minimum Gasteiger partial charge on any atom is -0.497 e. The number of benzene rings is 2. The van der Waals surface area contributed by atoms with Crippen molar-refractivity contribution in [3.8, 4) is 5.75 Å².